The minimum absolute atomic E-state index is 0.105. The summed E-state index contributed by atoms with van der Waals surface area (Å²) in [6, 6.07) is -0.566. The van der Waals surface area contributed by atoms with Crippen molar-refractivity contribution < 1.29 is 13.2 Å². The lowest BCUT2D eigenvalue weighted by Crippen LogP contribution is -2.41. The number of hydrogen-bond acceptors (Lipinski definition) is 6. The molecule has 2 atom stereocenters. The second-order valence-corrected chi connectivity index (χ2v) is 9.34. The number of carbonyl (C=O) groups is 1. The van der Waals surface area contributed by atoms with E-state index < -0.39 is 21.3 Å². The fourth-order valence-corrected chi connectivity index (χ4v) is 5.33. The van der Waals surface area contributed by atoms with E-state index in [0.717, 1.165) is 11.5 Å². The maximum Gasteiger partial charge on any atom is 0.265 e. The average molecular weight is 338 g/mol. The molecule has 0 saturated carbocycles. The van der Waals surface area contributed by atoms with Crippen LogP contribution in [0.3, 0.4) is 0 Å². The summed E-state index contributed by atoms with van der Waals surface area (Å²) >= 11 is 6.98. The molecule has 0 radical (unpaired) electrons. The second-order valence-electron chi connectivity index (χ2n) is 5.87. The van der Waals surface area contributed by atoms with Crippen LogP contribution in [0.1, 0.15) is 36.1 Å². The molecule has 2 unspecified atom stereocenters. The highest BCUT2D eigenvalue weighted by molar-refractivity contribution is 7.91. The number of carbonyl (C=O) groups excluding carboxylic acids is 1. The van der Waals surface area contributed by atoms with Gasteiger partial charge in [0.1, 0.15) is 4.88 Å². The number of alkyl halides is 1. The average Bonchev–Trinajstić information content (AvgIpc) is 2.82. The zero-order chi connectivity index (χ0) is 15.1. The molecule has 9 heteroatoms. The number of hydrogen-bond donors (Lipinski definition) is 1. The van der Waals surface area contributed by atoms with Crippen molar-refractivity contribution in [2.45, 2.75) is 37.6 Å². The third-order valence-electron chi connectivity index (χ3n) is 3.00. The van der Waals surface area contributed by atoms with E-state index in [0.29, 0.717) is 10.6 Å². The second kappa shape index (κ2) is 5.23. The molecule has 0 bridgehead atoms. The highest BCUT2D eigenvalue weighted by atomic mass is 35.5. The van der Waals surface area contributed by atoms with Crippen LogP contribution in [-0.4, -0.2) is 46.8 Å². The van der Waals surface area contributed by atoms with Gasteiger partial charge in [0, 0.05) is 5.41 Å². The molecular weight excluding hydrogens is 322 g/mol. The fraction of sp³-hybridized carbons (Fsp3) is 0.727. The summed E-state index contributed by atoms with van der Waals surface area (Å²) in [7, 11) is -3.17. The smallest absolute Gasteiger partial charge is 0.265 e. The molecule has 20 heavy (non-hydrogen) atoms. The Morgan fingerprint density at radius 3 is 2.55 bits per heavy atom. The SMILES string of the molecule is CC(C)(C)c1nnsc1C(=O)NC1CS(=O)(=O)CC1Cl. The quantitative estimate of drug-likeness (QED) is 0.812. The van der Waals surface area contributed by atoms with Gasteiger partial charge in [0.15, 0.2) is 9.84 Å². The van der Waals surface area contributed by atoms with Crippen LogP contribution in [0, 0.1) is 0 Å². The fourth-order valence-electron chi connectivity index (χ4n) is 2.00. The van der Waals surface area contributed by atoms with E-state index in [1.807, 2.05) is 20.8 Å². The lowest BCUT2D eigenvalue weighted by atomic mass is 9.91. The molecule has 2 heterocycles. The molecule has 1 N–H and O–H groups in total. The van der Waals surface area contributed by atoms with Gasteiger partial charge in [0.05, 0.1) is 28.6 Å². The van der Waals surface area contributed by atoms with Gasteiger partial charge >= 0.3 is 0 Å². The van der Waals surface area contributed by atoms with Gasteiger partial charge in [0.2, 0.25) is 0 Å². The number of halogens is 1. The van der Waals surface area contributed by atoms with Gasteiger partial charge in [-0.25, -0.2) is 8.42 Å². The van der Waals surface area contributed by atoms with Crippen molar-refractivity contribution in [3.63, 3.8) is 0 Å². The summed E-state index contributed by atoms with van der Waals surface area (Å²) in [5.74, 6) is -0.589. The Balaban J connectivity index is 2.16. The monoisotopic (exact) mass is 337 g/mol. The first kappa shape index (κ1) is 15.7. The van der Waals surface area contributed by atoms with E-state index in [9.17, 15) is 13.2 Å². The summed E-state index contributed by atoms with van der Waals surface area (Å²) < 4.78 is 26.8. The van der Waals surface area contributed by atoms with E-state index >= 15 is 0 Å². The van der Waals surface area contributed by atoms with Gasteiger partial charge in [-0.1, -0.05) is 25.3 Å². The Kier molecular flexibility index (Phi) is 4.10. The van der Waals surface area contributed by atoms with Crippen molar-refractivity contribution in [3.05, 3.63) is 10.6 Å². The lowest BCUT2D eigenvalue weighted by Gasteiger charge is -2.18. The van der Waals surface area contributed by atoms with Crippen LogP contribution in [0.25, 0.3) is 0 Å². The molecular formula is C11H16ClN3O3S2. The maximum atomic E-state index is 12.3. The van der Waals surface area contributed by atoms with E-state index in [2.05, 4.69) is 14.9 Å². The largest absolute Gasteiger partial charge is 0.346 e. The van der Waals surface area contributed by atoms with Crippen LogP contribution in [0.15, 0.2) is 0 Å². The van der Waals surface area contributed by atoms with Crippen LogP contribution in [0.4, 0.5) is 0 Å². The van der Waals surface area contributed by atoms with Gasteiger partial charge < -0.3 is 5.32 Å². The van der Waals surface area contributed by atoms with Crippen LogP contribution in [-0.2, 0) is 15.3 Å². The Labute approximate surface area is 127 Å². The van der Waals surface area contributed by atoms with Gasteiger partial charge in [-0.15, -0.1) is 16.7 Å². The molecule has 1 fully saturated rings. The Bertz CT molecular complexity index is 621. The summed E-state index contributed by atoms with van der Waals surface area (Å²) in [6.45, 7) is 5.81. The summed E-state index contributed by atoms with van der Waals surface area (Å²) in [5.41, 5.74) is 0.300. The minimum Gasteiger partial charge on any atom is -0.346 e. The molecule has 0 aromatic carbocycles. The lowest BCUT2D eigenvalue weighted by molar-refractivity contribution is 0.0943. The van der Waals surface area contributed by atoms with Crippen molar-refractivity contribution >= 4 is 38.9 Å². The topological polar surface area (TPSA) is 89.0 Å². The van der Waals surface area contributed by atoms with Crippen molar-refractivity contribution in [2.75, 3.05) is 11.5 Å². The Hall–Kier alpha value is -0.730. The van der Waals surface area contributed by atoms with Crippen LogP contribution < -0.4 is 5.32 Å². The van der Waals surface area contributed by atoms with E-state index in [4.69, 9.17) is 11.6 Å². The Morgan fingerprint density at radius 2 is 2.05 bits per heavy atom. The van der Waals surface area contributed by atoms with E-state index in [-0.39, 0.29) is 22.8 Å². The van der Waals surface area contributed by atoms with Crippen molar-refractivity contribution in [1.82, 2.24) is 14.9 Å². The Morgan fingerprint density at radius 1 is 1.40 bits per heavy atom. The molecule has 0 aliphatic carbocycles. The number of amides is 1. The van der Waals surface area contributed by atoms with Crippen molar-refractivity contribution in [2.24, 2.45) is 0 Å². The van der Waals surface area contributed by atoms with Crippen molar-refractivity contribution in [3.8, 4) is 0 Å². The van der Waals surface area contributed by atoms with Crippen LogP contribution in [0.5, 0.6) is 0 Å². The molecule has 1 amide bonds. The molecule has 1 aliphatic heterocycles. The number of rotatable bonds is 2. The predicted octanol–water partition coefficient (Wildman–Crippen LogP) is 0.970. The first-order valence-electron chi connectivity index (χ1n) is 6.08. The molecule has 1 aliphatic rings. The molecule has 1 aromatic heterocycles. The highest BCUT2D eigenvalue weighted by Gasteiger charge is 2.38. The number of aromatic nitrogens is 2. The van der Waals surface area contributed by atoms with Gasteiger partial charge in [-0.2, -0.15) is 0 Å². The third kappa shape index (κ3) is 3.29. The first-order valence-corrected chi connectivity index (χ1v) is 9.11. The number of nitrogens with one attached hydrogen (secondary N) is 1. The minimum atomic E-state index is -3.17. The molecule has 2 rings (SSSR count). The summed E-state index contributed by atoms with van der Waals surface area (Å²) in [6.07, 6.45) is 0. The van der Waals surface area contributed by atoms with Gasteiger partial charge in [0.25, 0.3) is 5.91 Å². The normalized spacial score (nSPS) is 25.6. The molecule has 1 saturated heterocycles. The summed E-state index contributed by atoms with van der Waals surface area (Å²) in [4.78, 5) is 12.7. The number of nitrogens with zero attached hydrogens (tertiary/aromatic N) is 2. The molecule has 0 spiro atoms. The van der Waals surface area contributed by atoms with Crippen LogP contribution >= 0.6 is 23.1 Å². The highest BCUT2D eigenvalue weighted by Crippen LogP contribution is 2.26. The standard InChI is InChI=1S/C11H16ClN3O3S2/c1-11(2,3)9-8(19-15-14-9)10(16)13-7-5-20(17,18)4-6(7)12/h6-7H,4-5H2,1-3H3,(H,13,16). The predicted molar refractivity (Wildman–Crippen MR) is 78.2 cm³/mol. The third-order valence-corrected chi connectivity index (χ3v) is 6.10. The van der Waals surface area contributed by atoms with Gasteiger partial charge in [-0.3, -0.25) is 4.79 Å². The molecule has 1 aromatic rings. The van der Waals surface area contributed by atoms with Crippen molar-refractivity contribution in [1.29, 1.82) is 0 Å². The molecule has 112 valence electrons. The zero-order valence-corrected chi connectivity index (χ0v) is 13.8. The van der Waals surface area contributed by atoms with E-state index in [1.165, 1.54) is 0 Å². The zero-order valence-electron chi connectivity index (χ0n) is 11.4. The summed E-state index contributed by atoms with van der Waals surface area (Å²) in [5, 5.41) is 6.07. The maximum absolute atomic E-state index is 12.3. The molecule has 6 nitrogen and oxygen atoms in total. The first-order chi connectivity index (χ1) is 9.10. The van der Waals surface area contributed by atoms with Crippen LogP contribution in [0.2, 0.25) is 0 Å². The number of sulfone groups is 1. The van der Waals surface area contributed by atoms with E-state index in [1.54, 1.807) is 0 Å². The van der Waals surface area contributed by atoms with Gasteiger partial charge in [-0.05, 0) is 11.5 Å².